The van der Waals surface area contributed by atoms with Crippen molar-refractivity contribution in [2.75, 3.05) is 6.54 Å². The lowest BCUT2D eigenvalue weighted by atomic mass is 10.0. The molecule has 0 spiro atoms. The van der Waals surface area contributed by atoms with Crippen LogP contribution in [-0.2, 0) is 4.79 Å². The van der Waals surface area contributed by atoms with Crippen LogP contribution in [0.3, 0.4) is 0 Å². The summed E-state index contributed by atoms with van der Waals surface area (Å²) in [5.74, 6) is -0.396. The highest BCUT2D eigenvalue weighted by Crippen LogP contribution is 2.01. The number of hydrogen-bond donors (Lipinski definition) is 4. The molecule has 6 heteroatoms. The molecule has 0 radical (unpaired) electrons. The molecule has 0 saturated carbocycles. The SMILES string of the molecule is CCC(O)CNC(=O)C(NC(N)=O)C(C)C. The Hall–Kier alpha value is -1.30. The van der Waals surface area contributed by atoms with Gasteiger partial charge in [0.05, 0.1) is 6.10 Å². The second-order valence-corrected chi connectivity index (χ2v) is 4.04. The van der Waals surface area contributed by atoms with Crippen LogP contribution < -0.4 is 16.4 Å². The lowest BCUT2D eigenvalue weighted by Crippen LogP contribution is -2.52. The van der Waals surface area contributed by atoms with Gasteiger partial charge in [-0.05, 0) is 12.3 Å². The summed E-state index contributed by atoms with van der Waals surface area (Å²) >= 11 is 0. The molecule has 2 unspecified atom stereocenters. The van der Waals surface area contributed by atoms with Crippen LogP contribution in [0, 0.1) is 5.92 Å². The van der Waals surface area contributed by atoms with Crippen LogP contribution in [0.5, 0.6) is 0 Å². The van der Waals surface area contributed by atoms with E-state index in [4.69, 9.17) is 5.73 Å². The van der Waals surface area contributed by atoms with Gasteiger partial charge in [0.1, 0.15) is 6.04 Å². The van der Waals surface area contributed by atoms with Crippen molar-refractivity contribution in [3.8, 4) is 0 Å². The molecular weight excluding hydrogens is 210 g/mol. The zero-order valence-electron chi connectivity index (χ0n) is 9.99. The second-order valence-electron chi connectivity index (χ2n) is 4.04. The third-order valence-corrected chi connectivity index (χ3v) is 2.23. The van der Waals surface area contributed by atoms with E-state index >= 15 is 0 Å². The molecule has 0 rings (SSSR count). The minimum Gasteiger partial charge on any atom is -0.391 e. The summed E-state index contributed by atoms with van der Waals surface area (Å²) in [6.45, 7) is 5.60. The van der Waals surface area contributed by atoms with Crippen molar-refractivity contribution >= 4 is 11.9 Å². The van der Waals surface area contributed by atoms with Crippen molar-refractivity contribution in [1.82, 2.24) is 10.6 Å². The Morgan fingerprint density at radius 2 is 1.94 bits per heavy atom. The van der Waals surface area contributed by atoms with Gasteiger partial charge in [0.25, 0.3) is 0 Å². The number of amides is 3. The van der Waals surface area contributed by atoms with Gasteiger partial charge in [0, 0.05) is 6.54 Å². The highest BCUT2D eigenvalue weighted by Gasteiger charge is 2.23. The monoisotopic (exact) mass is 231 g/mol. The van der Waals surface area contributed by atoms with E-state index < -0.39 is 18.2 Å². The average molecular weight is 231 g/mol. The summed E-state index contributed by atoms with van der Waals surface area (Å²) in [5, 5.41) is 14.2. The van der Waals surface area contributed by atoms with Crippen LogP contribution in [0.2, 0.25) is 0 Å². The van der Waals surface area contributed by atoms with E-state index in [1.54, 1.807) is 13.8 Å². The quantitative estimate of drug-likeness (QED) is 0.498. The zero-order valence-corrected chi connectivity index (χ0v) is 9.99. The number of nitrogens with two attached hydrogens (primary N) is 1. The molecule has 0 saturated heterocycles. The normalized spacial score (nSPS) is 14.3. The molecule has 0 aliphatic carbocycles. The van der Waals surface area contributed by atoms with E-state index in [0.29, 0.717) is 6.42 Å². The summed E-state index contributed by atoms with van der Waals surface area (Å²) in [6, 6.07) is -1.40. The van der Waals surface area contributed by atoms with Crippen molar-refractivity contribution < 1.29 is 14.7 Å². The van der Waals surface area contributed by atoms with Gasteiger partial charge >= 0.3 is 6.03 Å². The van der Waals surface area contributed by atoms with E-state index in [0.717, 1.165) is 0 Å². The van der Waals surface area contributed by atoms with Gasteiger partial charge in [0.2, 0.25) is 5.91 Å². The molecule has 3 amide bonds. The van der Waals surface area contributed by atoms with Crippen molar-refractivity contribution in [3.63, 3.8) is 0 Å². The number of aliphatic hydroxyl groups is 1. The van der Waals surface area contributed by atoms with Crippen molar-refractivity contribution in [2.24, 2.45) is 11.7 Å². The largest absolute Gasteiger partial charge is 0.391 e. The summed E-state index contributed by atoms with van der Waals surface area (Å²) in [6.07, 6.45) is 0.000851. The molecule has 6 nitrogen and oxygen atoms in total. The molecule has 0 aliphatic rings. The van der Waals surface area contributed by atoms with Crippen LogP contribution in [0.1, 0.15) is 27.2 Å². The minimum atomic E-state index is -0.732. The van der Waals surface area contributed by atoms with Crippen molar-refractivity contribution in [3.05, 3.63) is 0 Å². The maximum absolute atomic E-state index is 11.6. The Bertz CT molecular complexity index is 243. The molecule has 0 heterocycles. The molecular formula is C10H21N3O3. The highest BCUT2D eigenvalue weighted by molar-refractivity contribution is 5.86. The fourth-order valence-electron chi connectivity index (χ4n) is 1.16. The number of primary amides is 1. The number of hydrogen-bond acceptors (Lipinski definition) is 3. The lowest BCUT2D eigenvalue weighted by molar-refractivity contribution is -0.124. The third-order valence-electron chi connectivity index (χ3n) is 2.23. The number of carbonyl (C=O) groups excluding carboxylic acids is 2. The van der Waals surface area contributed by atoms with Crippen molar-refractivity contribution in [1.29, 1.82) is 0 Å². The summed E-state index contributed by atoms with van der Waals surface area (Å²) in [4.78, 5) is 22.3. The molecule has 0 aromatic rings. The topological polar surface area (TPSA) is 104 Å². The molecule has 2 atom stereocenters. The average Bonchev–Trinajstić information content (AvgIpc) is 2.21. The molecule has 0 aliphatic heterocycles. The maximum atomic E-state index is 11.6. The van der Waals surface area contributed by atoms with E-state index in [9.17, 15) is 14.7 Å². The number of rotatable bonds is 6. The van der Waals surface area contributed by atoms with E-state index in [-0.39, 0.29) is 18.4 Å². The molecule has 5 N–H and O–H groups in total. The first-order valence-corrected chi connectivity index (χ1v) is 5.40. The Morgan fingerprint density at radius 1 is 1.38 bits per heavy atom. The van der Waals surface area contributed by atoms with Crippen LogP contribution >= 0.6 is 0 Å². The summed E-state index contributed by atoms with van der Waals surface area (Å²) in [7, 11) is 0. The Morgan fingerprint density at radius 3 is 2.31 bits per heavy atom. The lowest BCUT2D eigenvalue weighted by Gasteiger charge is -2.21. The fourth-order valence-corrected chi connectivity index (χ4v) is 1.16. The van der Waals surface area contributed by atoms with Gasteiger partial charge in [-0.2, -0.15) is 0 Å². The zero-order chi connectivity index (χ0) is 12.7. The van der Waals surface area contributed by atoms with Crippen molar-refractivity contribution in [2.45, 2.75) is 39.3 Å². The van der Waals surface area contributed by atoms with Gasteiger partial charge < -0.3 is 21.5 Å². The summed E-state index contributed by atoms with van der Waals surface area (Å²) in [5.41, 5.74) is 4.97. The smallest absolute Gasteiger partial charge is 0.312 e. The molecule has 0 fully saturated rings. The Labute approximate surface area is 95.6 Å². The van der Waals surface area contributed by atoms with Gasteiger partial charge in [-0.3, -0.25) is 4.79 Å². The van der Waals surface area contributed by atoms with Gasteiger partial charge in [0.15, 0.2) is 0 Å². The Balaban J connectivity index is 4.22. The highest BCUT2D eigenvalue weighted by atomic mass is 16.3. The molecule has 0 aromatic carbocycles. The number of nitrogens with one attached hydrogen (secondary N) is 2. The number of aliphatic hydroxyl groups excluding tert-OH is 1. The van der Waals surface area contributed by atoms with Gasteiger partial charge in [-0.15, -0.1) is 0 Å². The van der Waals surface area contributed by atoms with E-state index in [2.05, 4.69) is 10.6 Å². The summed E-state index contributed by atoms with van der Waals surface area (Å²) < 4.78 is 0. The molecule has 94 valence electrons. The molecule has 16 heavy (non-hydrogen) atoms. The number of urea groups is 1. The predicted molar refractivity (Wildman–Crippen MR) is 60.7 cm³/mol. The second kappa shape index (κ2) is 7.05. The Kier molecular flexibility index (Phi) is 6.48. The van der Waals surface area contributed by atoms with Crippen LogP contribution in [0.15, 0.2) is 0 Å². The van der Waals surface area contributed by atoms with Gasteiger partial charge in [-0.1, -0.05) is 20.8 Å². The first-order chi connectivity index (χ1) is 7.38. The van der Waals surface area contributed by atoms with Crippen LogP contribution in [0.4, 0.5) is 4.79 Å². The maximum Gasteiger partial charge on any atom is 0.312 e. The first-order valence-electron chi connectivity index (χ1n) is 5.40. The van der Waals surface area contributed by atoms with Crippen LogP contribution in [0.25, 0.3) is 0 Å². The minimum absolute atomic E-state index is 0.0636. The van der Waals surface area contributed by atoms with E-state index in [1.807, 2.05) is 6.92 Å². The number of carbonyl (C=O) groups is 2. The molecule has 0 aromatic heterocycles. The van der Waals surface area contributed by atoms with Gasteiger partial charge in [-0.25, -0.2) is 4.79 Å². The molecule has 0 bridgehead atoms. The fraction of sp³-hybridized carbons (Fsp3) is 0.800. The third kappa shape index (κ3) is 5.55. The first kappa shape index (κ1) is 14.7. The van der Waals surface area contributed by atoms with E-state index in [1.165, 1.54) is 0 Å². The van der Waals surface area contributed by atoms with Crippen LogP contribution in [-0.4, -0.2) is 35.7 Å². The standard InChI is InChI=1S/C10H21N3O3/c1-4-7(14)5-12-9(15)8(6(2)3)13-10(11)16/h6-8,14H,4-5H2,1-3H3,(H,12,15)(H3,11,13,16). The predicted octanol–water partition coefficient (Wildman–Crippen LogP) is -0.434.